The van der Waals surface area contributed by atoms with Crippen molar-refractivity contribution in [3.8, 4) is 0 Å². The maximum Gasteiger partial charge on any atom is 0.363 e. The zero-order valence-electron chi connectivity index (χ0n) is 9.17. The maximum absolute atomic E-state index is 11.9. The summed E-state index contributed by atoms with van der Waals surface area (Å²) >= 11 is 4.52. The van der Waals surface area contributed by atoms with E-state index in [2.05, 4.69) is 36.1 Å². The van der Waals surface area contributed by atoms with E-state index in [1.54, 1.807) is 0 Å². The summed E-state index contributed by atoms with van der Waals surface area (Å²) in [5.41, 5.74) is 1.03. The molecule has 9 heteroatoms. The molecule has 0 radical (unpaired) electrons. The van der Waals surface area contributed by atoms with Crippen LogP contribution in [0.25, 0.3) is 0 Å². The van der Waals surface area contributed by atoms with Crippen molar-refractivity contribution in [2.45, 2.75) is 5.78 Å². The zero-order valence-corrected chi connectivity index (χ0v) is 10.9. The van der Waals surface area contributed by atoms with Crippen LogP contribution in [0, 0.1) is 0 Å². The van der Waals surface area contributed by atoms with Gasteiger partial charge in [-0.2, -0.15) is 0 Å². The first-order chi connectivity index (χ1) is 7.55. The van der Waals surface area contributed by atoms with Gasteiger partial charge in [0.2, 0.25) is 5.78 Å². The fourth-order valence-electron chi connectivity index (χ4n) is 0.834. The molecule has 94 valence electrons. The van der Waals surface area contributed by atoms with E-state index in [4.69, 9.17) is 0 Å². The Hall–Kier alpha value is -0.530. The third-order valence-electron chi connectivity index (χ3n) is 1.59. The number of hydrogen-bond donors (Lipinski definition) is 1. The van der Waals surface area contributed by atoms with E-state index in [-0.39, 0.29) is 6.79 Å². The Morgan fingerprint density at radius 2 is 2.00 bits per heavy atom. The Morgan fingerprint density at radius 1 is 1.44 bits per heavy atom. The Bertz CT molecular complexity index is 278. The zero-order chi connectivity index (χ0) is 12.6. The van der Waals surface area contributed by atoms with Gasteiger partial charge in [0.15, 0.2) is 6.79 Å². The van der Waals surface area contributed by atoms with E-state index >= 15 is 0 Å². The molecule has 1 atom stereocenters. The van der Waals surface area contributed by atoms with Crippen LogP contribution in [0.3, 0.4) is 0 Å². The fraction of sp³-hybridized carbons (Fsp3) is 0.714. The summed E-state index contributed by atoms with van der Waals surface area (Å²) in [6.45, 7) is -0.262. The predicted octanol–water partition coefficient (Wildman–Crippen LogP) is 0.492. The van der Waals surface area contributed by atoms with Gasteiger partial charge in [-0.25, -0.2) is 4.79 Å². The van der Waals surface area contributed by atoms with Crippen molar-refractivity contribution in [1.82, 2.24) is 5.32 Å². The Labute approximate surface area is 98.9 Å². The topological polar surface area (TPSA) is 83.1 Å². The van der Waals surface area contributed by atoms with Gasteiger partial charge in [0.1, 0.15) is 0 Å². The third-order valence-corrected chi connectivity index (χ3v) is 3.74. The van der Waals surface area contributed by atoms with Crippen molar-refractivity contribution in [3.63, 3.8) is 0 Å². The molecule has 16 heavy (non-hydrogen) atoms. The van der Waals surface area contributed by atoms with Crippen LogP contribution in [0.15, 0.2) is 0 Å². The minimum Gasteiger partial charge on any atom is -0.436 e. The van der Waals surface area contributed by atoms with Gasteiger partial charge in [0.25, 0.3) is 0 Å². The molecule has 0 saturated heterocycles. The van der Waals surface area contributed by atoms with Crippen molar-refractivity contribution in [1.29, 1.82) is 0 Å². The van der Waals surface area contributed by atoms with Crippen LogP contribution in [0.2, 0.25) is 0 Å². The van der Waals surface area contributed by atoms with Gasteiger partial charge >= 0.3 is 13.6 Å². The van der Waals surface area contributed by atoms with Crippen LogP contribution < -0.4 is 5.32 Å². The SMILES string of the molecule is COCOC(=O)C(NC=S)P(=O)(OC)OC. The van der Waals surface area contributed by atoms with Crippen molar-refractivity contribution >= 4 is 31.3 Å². The second-order valence-electron chi connectivity index (χ2n) is 2.46. The number of methoxy groups -OCH3 is 1. The van der Waals surface area contributed by atoms with Crippen LogP contribution in [0.4, 0.5) is 0 Å². The van der Waals surface area contributed by atoms with Gasteiger partial charge in [0.05, 0.1) is 5.49 Å². The first kappa shape index (κ1) is 15.5. The summed E-state index contributed by atoms with van der Waals surface area (Å²) < 4.78 is 30.4. The molecule has 1 N–H and O–H groups in total. The highest BCUT2D eigenvalue weighted by molar-refractivity contribution is 7.78. The van der Waals surface area contributed by atoms with Gasteiger partial charge in [0, 0.05) is 21.3 Å². The summed E-state index contributed by atoms with van der Waals surface area (Å²) in [5, 5.41) is 2.38. The van der Waals surface area contributed by atoms with E-state index in [1.165, 1.54) is 7.11 Å². The quantitative estimate of drug-likeness (QED) is 0.295. The lowest BCUT2D eigenvalue weighted by Crippen LogP contribution is -2.37. The van der Waals surface area contributed by atoms with Gasteiger partial charge in [-0.3, -0.25) is 4.57 Å². The van der Waals surface area contributed by atoms with Crippen molar-refractivity contribution < 1.29 is 27.9 Å². The molecule has 0 aromatic carbocycles. The lowest BCUT2D eigenvalue weighted by atomic mass is 10.6. The van der Waals surface area contributed by atoms with Gasteiger partial charge < -0.3 is 23.8 Å². The fourth-order valence-corrected chi connectivity index (χ4v) is 2.23. The smallest absolute Gasteiger partial charge is 0.363 e. The van der Waals surface area contributed by atoms with E-state index in [9.17, 15) is 9.36 Å². The van der Waals surface area contributed by atoms with Gasteiger partial charge in [-0.05, 0) is 0 Å². The largest absolute Gasteiger partial charge is 0.436 e. The monoisotopic (exact) mass is 271 g/mol. The average molecular weight is 271 g/mol. The van der Waals surface area contributed by atoms with Crippen LogP contribution in [-0.2, 0) is 27.9 Å². The number of thiocarbonyl (C=S) groups is 1. The number of rotatable bonds is 8. The molecule has 0 spiro atoms. The van der Waals surface area contributed by atoms with Gasteiger partial charge in [-0.1, -0.05) is 12.2 Å². The van der Waals surface area contributed by atoms with Crippen molar-refractivity contribution in [2.24, 2.45) is 0 Å². The summed E-state index contributed by atoms with van der Waals surface area (Å²) in [6, 6.07) is 0. The molecule has 0 rings (SSSR count). The lowest BCUT2D eigenvalue weighted by molar-refractivity contribution is -0.154. The molecular formula is C7H14NO6PS. The number of nitrogens with one attached hydrogen (secondary N) is 1. The lowest BCUT2D eigenvalue weighted by Gasteiger charge is -2.22. The minimum atomic E-state index is -3.64. The summed E-state index contributed by atoms with van der Waals surface area (Å²) in [7, 11) is 0.0224. The summed E-state index contributed by atoms with van der Waals surface area (Å²) in [4.78, 5) is 11.5. The summed E-state index contributed by atoms with van der Waals surface area (Å²) in [5.74, 6) is -2.15. The molecule has 1 unspecified atom stereocenters. The maximum atomic E-state index is 11.9. The van der Waals surface area contributed by atoms with Crippen LogP contribution in [-0.4, -0.2) is 45.4 Å². The normalized spacial score (nSPS) is 12.9. The molecule has 0 bridgehead atoms. The minimum absolute atomic E-state index is 0.262. The molecule has 0 aliphatic carbocycles. The Balaban J connectivity index is 4.77. The molecule has 0 heterocycles. The predicted molar refractivity (Wildman–Crippen MR) is 60.2 cm³/mol. The second-order valence-corrected chi connectivity index (χ2v) is 5.02. The molecule has 0 aromatic rings. The van der Waals surface area contributed by atoms with Gasteiger partial charge in [-0.15, -0.1) is 0 Å². The van der Waals surface area contributed by atoms with E-state index in [0.717, 1.165) is 19.7 Å². The van der Waals surface area contributed by atoms with Crippen LogP contribution in [0.5, 0.6) is 0 Å². The van der Waals surface area contributed by atoms with E-state index < -0.39 is 19.3 Å². The molecular weight excluding hydrogens is 257 g/mol. The second kappa shape index (κ2) is 7.70. The molecule has 0 aliphatic heterocycles. The van der Waals surface area contributed by atoms with Crippen LogP contribution >= 0.6 is 19.8 Å². The number of carbonyl (C=O) groups excluding carboxylic acids is 1. The molecule has 0 aromatic heterocycles. The highest BCUT2D eigenvalue weighted by Gasteiger charge is 2.40. The van der Waals surface area contributed by atoms with Crippen molar-refractivity contribution in [3.05, 3.63) is 0 Å². The summed E-state index contributed by atoms with van der Waals surface area (Å²) in [6.07, 6.45) is 0. The average Bonchev–Trinajstić information content (AvgIpc) is 2.32. The number of esters is 1. The Morgan fingerprint density at radius 3 is 2.38 bits per heavy atom. The molecule has 7 nitrogen and oxygen atoms in total. The number of carbonyl (C=O) groups is 1. The molecule has 0 fully saturated rings. The highest BCUT2D eigenvalue weighted by Crippen LogP contribution is 2.50. The standard InChI is InChI=1S/C7H14NO6PS/c1-11-5-14-7(9)6(8-4-16)15(10,12-2)13-3/h4,6H,5H2,1-3H3,(H,8,16). The number of hydrogen-bond acceptors (Lipinski definition) is 7. The molecule has 0 aliphatic rings. The highest BCUT2D eigenvalue weighted by atomic mass is 32.1. The first-order valence-electron chi connectivity index (χ1n) is 4.12. The van der Waals surface area contributed by atoms with E-state index in [0.29, 0.717) is 0 Å². The van der Waals surface area contributed by atoms with Crippen molar-refractivity contribution in [2.75, 3.05) is 28.1 Å². The Kier molecular flexibility index (Phi) is 7.44. The third kappa shape index (κ3) is 4.15. The number of ether oxygens (including phenoxy) is 2. The molecule has 0 amide bonds. The van der Waals surface area contributed by atoms with Crippen LogP contribution in [0.1, 0.15) is 0 Å². The first-order valence-corrected chi connectivity index (χ1v) is 6.20. The van der Waals surface area contributed by atoms with E-state index in [1.807, 2.05) is 0 Å². The molecule has 0 saturated carbocycles.